The maximum atomic E-state index is 13.3. The first-order valence-electron chi connectivity index (χ1n) is 6.82. The normalized spacial score (nSPS) is 16.6. The molecule has 0 spiro atoms. The van der Waals surface area contributed by atoms with E-state index in [-0.39, 0.29) is 17.0 Å². The zero-order chi connectivity index (χ0) is 13.9. The van der Waals surface area contributed by atoms with Gasteiger partial charge in [0.15, 0.2) is 0 Å². The van der Waals surface area contributed by atoms with Crippen molar-refractivity contribution in [3.63, 3.8) is 0 Å². The van der Waals surface area contributed by atoms with Crippen LogP contribution in [0.15, 0.2) is 12.3 Å². The van der Waals surface area contributed by atoms with E-state index in [0.717, 1.165) is 31.9 Å². The fourth-order valence-corrected chi connectivity index (χ4v) is 2.40. The number of nitrogens with zero attached hydrogens (tertiary/aromatic N) is 1. The quantitative estimate of drug-likeness (QED) is 0.860. The lowest BCUT2D eigenvalue weighted by molar-refractivity contribution is 0.0820. The van der Waals surface area contributed by atoms with Crippen molar-refractivity contribution in [1.29, 1.82) is 0 Å². The highest BCUT2D eigenvalue weighted by Gasteiger charge is 2.37. The largest absolute Gasteiger partial charge is 0.370 e. The fourth-order valence-electron chi connectivity index (χ4n) is 2.40. The third kappa shape index (κ3) is 2.85. The van der Waals surface area contributed by atoms with E-state index in [4.69, 9.17) is 0 Å². The number of anilines is 1. The molecule has 0 aliphatic heterocycles. The molecule has 19 heavy (non-hydrogen) atoms. The molecular formula is C14H20FN3O. The molecule has 2 N–H and O–H groups in total. The third-order valence-corrected chi connectivity index (χ3v) is 3.81. The first-order chi connectivity index (χ1) is 9.10. The van der Waals surface area contributed by atoms with Crippen molar-refractivity contribution in [3.8, 4) is 0 Å². The van der Waals surface area contributed by atoms with Crippen LogP contribution in [0.25, 0.3) is 0 Å². The fraction of sp³-hybridized carbons (Fsp3) is 0.571. The molecule has 1 aromatic heterocycles. The van der Waals surface area contributed by atoms with Gasteiger partial charge in [0.2, 0.25) is 0 Å². The van der Waals surface area contributed by atoms with Gasteiger partial charge in [-0.15, -0.1) is 0 Å². The summed E-state index contributed by atoms with van der Waals surface area (Å²) in [4.78, 5) is 16.2. The van der Waals surface area contributed by atoms with Crippen LogP contribution in [-0.4, -0.2) is 23.0 Å². The Morgan fingerprint density at radius 3 is 2.74 bits per heavy atom. The van der Waals surface area contributed by atoms with Gasteiger partial charge in [0.25, 0.3) is 5.91 Å². The molecule has 0 unspecified atom stereocenters. The highest BCUT2D eigenvalue weighted by molar-refractivity contribution is 5.99. The van der Waals surface area contributed by atoms with Crippen LogP contribution >= 0.6 is 0 Å². The van der Waals surface area contributed by atoms with Gasteiger partial charge in [-0.3, -0.25) is 4.79 Å². The van der Waals surface area contributed by atoms with E-state index in [1.54, 1.807) is 0 Å². The molecule has 1 aromatic rings. The number of carbonyl (C=O) groups is 1. The van der Waals surface area contributed by atoms with Crippen LogP contribution in [0, 0.1) is 5.82 Å². The van der Waals surface area contributed by atoms with E-state index in [1.165, 1.54) is 6.07 Å². The Labute approximate surface area is 112 Å². The topological polar surface area (TPSA) is 54.0 Å². The maximum absolute atomic E-state index is 13.3. The molecule has 0 atom stereocenters. The van der Waals surface area contributed by atoms with Gasteiger partial charge in [0.05, 0.1) is 11.8 Å². The van der Waals surface area contributed by atoms with Crippen molar-refractivity contribution in [2.24, 2.45) is 0 Å². The minimum absolute atomic E-state index is 0.104. The van der Waals surface area contributed by atoms with Crippen molar-refractivity contribution in [1.82, 2.24) is 10.3 Å². The van der Waals surface area contributed by atoms with Crippen molar-refractivity contribution < 1.29 is 9.18 Å². The van der Waals surface area contributed by atoms with Gasteiger partial charge in [0.1, 0.15) is 11.6 Å². The van der Waals surface area contributed by atoms with Crippen LogP contribution in [0.1, 0.15) is 49.9 Å². The maximum Gasteiger partial charge on any atom is 0.255 e. The molecule has 4 nitrogen and oxygen atoms in total. The molecule has 0 radical (unpaired) electrons. The molecule has 2 rings (SSSR count). The summed E-state index contributed by atoms with van der Waals surface area (Å²) in [6.07, 6.45) is 5.14. The van der Waals surface area contributed by atoms with Gasteiger partial charge >= 0.3 is 0 Å². The Kier molecular flexibility index (Phi) is 4.02. The summed E-state index contributed by atoms with van der Waals surface area (Å²) < 4.78 is 13.3. The number of amides is 1. The van der Waals surface area contributed by atoms with Gasteiger partial charge in [-0.05, 0) is 38.7 Å². The van der Waals surface area contributed by atoms with E-state index in [0.29, 0.717) is 12.4 Å². The zero-order valence-corrected chi connectivity index (χ0v) is 11.4. The molecule has 1 heterocycles. The van der Waals surface area contributed by atoms with Crippen molar-refractivity contribution in [2.45, 2.75) is 45.1 Å². The van der Waals surface area contributed by atoms with Crippen molar-refractivity contribution in [2.75, 3.05) is 11.9 Å². The Morgan fingerprint density at radius 1 is 1.47 bits per heavy atom. The standard InChI is InChI=1S/C14H20FN3O/c1-3-14(6-5-7-14)18-13(19)11-8-10(15)9-17-12(11)16-4-2/h8-9H,3-7H2,1-2H3,(H,16,17)(H,18,19). The van der Waals surface area contributed by atoms with E-state index in [9.17, 15) is 9.18 Å². The molecule has 104 valence electrons. The summed E-state index contributed by atoms with van der Waals surface area (Å²) in [5.41, 5.74) is 0.175. The summed E-state index contributed by atoms with van der Waals surface area (Å²) in [6.45, 7) is 4.61. The Hall–Kier alpha value is -1.65. The average molecular weight is 265 g/mol. The highest BCUT2D eigenvalue weighted by Crippen LogP contribution is 2.35. The Morgan fingerprint density at radius 2 is 2.21 bits per heavy atom. The molecular weight excluding hydrogens is 245 g/mol. The lowest BCUT2D eigenvalue weighted by atomic mass is 9.74. The second-order valence-electron chi connectivity index (χ2n) is 5.02. The van der Waals surface area contributed by atoms with Gasteiger partial charge in [0, 0.05) is 12.1 Å². The molecule has 1 aliphatic rings. The van der Waals surface area contributed by atoms with E-state index in [1.807, 2.05) is 6.92 Å². The first kappa shape index (κ1) is 13.8. The van der Waals surface area contributed by atoms with Crippen LogP contribution in [-0.2, 0) is 0 Å². The number of hydrogen-bond donors (Lipinski definition) is 2. The Bertz CT molecular complexity index is 466. The summed E-state index contributed by atoms with van der Waals surface area (Å²) >= 11 is 0. The minimum atomic E-state index is -0.494. The third-order valence-electron chi connectivity index (χ3n) is 3.81. The number of hydrogen-bond acceptors (Lipinski definition) is 3. The van der Waals surface area contributed by atoms with Crippen LogP contribution in [0.3, 0.4) is 0 Å². The minimum Gasteiger partial charge on any atom is -0.370 e. The number of halogens is 1. The zero-order valence-electron chi connectivity index (χ0n) is 11.4. The smallest absolute Gasteiger partial charge is 0.255 e. The molecule has 0 bridgehead atoms. The van der Waals surface area contributed by atoms with Crippen LogP contribution in [0.2, 0.25) is 0 Å². The molecule has 1 aliphatic carbocycles. The van der Waals surface area contributed by atoms with Gasteiger partial charge in [-0.25, -0.2) is 9.37 Å². The van der Waals surface area contributed by atoms with Gasteiger partial charge < -0.3 is 10.6 Å². The SMILES string of the molecule is CCNc1ncc(F)cc1C(=O)NC1(CC)CCC1. The lowest BCUT2D eigenvalue weighted by Gasteiger charge is -2.42. The van der Waals surface area contributed by atoms with E-state index < -0.39 is 5.82 Å². The number of rotatable bonds is 5. The molecule has 1 amide bonds. The molecule has 0 aromatic carbocycles. The molecule has 0 saturated heterocycles. The van der Waals surface area contributed by atoms with Gasteiger partial charge in [-0.1, -0.05) is 6.92 Å². The second-order valence-corrected chi connectivity index (χ2v) is 5.02. The predicted molar refractivity (Wildman–Crippen MR) is 72.7 cm³/mol. The molecule has 1 fully saturated rings. The summed E-state index contributed by atoms with van der Waals surface area (Å²) in [6, 6.07) is 1.24. The van der Waals surface area contributed by atoms with Crippen LogP contribution in [0.5, 0.6) is 0 Å². The molecule has 1 saturated carbocycles. The number of pyridine rings is 1. The average Bonchev–Trinajstić information content (AvgIpc) is 2.36. The highest BCUT2D eigenvalue weighted by atomic mass is 19.1. The summed E-state index contributed by atoms with van der Waals surface area (Å²) in [5, 5.41) is 6.02. The number of aromatic nitrogens is 1. The molecule has 5 heteroatoms. The summed E-state index contributed by atoms with van der Waals surface area (Å²) in [5.74, 6) is -0.303. The van der Waals surface area contributed by atoms with E-state index in [2.05, 4.69) is 22.5 Å². The van der Waals surface area contributed by atoms with Crippen molar-refractivity contribution >= 4 is 11.7 Å². The number of carbonyl (C=O) groups excluding carboxylic acids is 1. The van der Waals surface area contributed by atoms with E-state index >= 15 is 0 Å². The van der Waals surface area contributed by atoms with Crippen LogP contribution < -0.4 is 10.6 Å². The summed E-state index contributed by atoms with van der Waals surface area (Å²) in [7, 11) is 0. The lowest BCUT2D eigenvalue weighted by Crippen LogP contribution is -2.53. The van der Waals surface area contributed by atoms with Crippen molar-refractivity contribution in [3.05, 3.63) is 23.6 Å². The monoisotopic (exact) mass is 265 g/mol. The van der Waals surface area contributed by atoms with Crippen LogP contribution in [0.4, 0.5) is 10.2 Å². The predicted octanol–water partition coefficient (Wildman–Crippen LogP) is 2.72. The Balaban J connectivity index is 2.20. The second kappa shape index (κ2) is 5.55. The van der Waals surface area contributed by atoms with Gasteiger partial charge in [-0.2, -0.15) is 0 Å². The number of nitrogens with one attached hydrogen (secondary N) is 2. The first-order valence-corrected chi connectivity index (χ1v) is 6.82.